The van der Waals surface area contributed by atoms with Gasteiger partial charge >= 0.3 is 0 Å². The van der Waals surface area contributed by atoms with Crippen molar-refractivity contribution in [3.8, 4) is 11.4 Å². The number of aromatic nitrogens is 4. The van der Waals surface area contributed by atoms with Gasteiger partial charge < -0.3 is 10.5 Å². The van der Waals surface area contributed by atoms with E-state index >= 15 is 0 Å². The lowest BCUT2D eigenvalue weighted by atomic mass is 10.1. The molecule has 0 aliphatic carbocycles. The lowest BCUT2D eigenvalue weighted by molar-refractivity contribution is 0.181. The van der Waals surface area contributed by atoms with E-state index in [4.69, 9.17) is 10.5 Å². The van der Waals surface area contributed by atoms with Crippen LogP contribution >= 0.6 is 0 Å². The van der Waals surface area contributed by atoms with Gasteiger partial charge in [0.25, 0.3) is 0 Å². The van der Waals surface area contributed by atoms with Crippen LogP contribution in [0.1, 0.15) is 6.42 Å². The third kappa shape index (κ3) is 2.06. The molecule has 1 aromatic heterocycles. The highest BCUT2D eigenvalue weighted by Crippen LogP contribution is 2.24. The molecule has 0 saturated carbocycles. The Labute approximate surface area is 105 Å². The van der Waals surface area contributed by atoms with Crippen LogP contribution in [0, 0.1) is 5.92 Å². The van der Waals surface area contributed by atoms with Crippen molar-refractivity contribution >= 4 is 5.69 Å². The average Bonchev–Trinajstić information content (AvgIpc) is 3.02. The summed E-state index contributed by atoms with van der Waals surface area (Å²) in [5.74, 6) is 1.21. The predicted molar refractivity (Wildman–Crippen MR) is 66.6 cm³/mol. The molecule has 0 amide bonds. The summed E-state index contributed by atoms with van der Waals surface area (Å²) in [6, 6.07) is 7.62. The minimum Gasteiger partial charge on any atom is -0.398 e. The summed E-state index contributed by atoms with van der Waals surface area (Å²) >= 11 is 0. The Kier molecular flexibility index (Phi) is 2.93. The zero-order chi connectivity index (χ0) is 12.4. The molecule has 6 nitrogen and oxygen atoms in total. The molecule has 1 saturated heterocycles. The molecule has 2 N–H and O–H groups in total. The second-order valence-electron chi connectivity index (χ2n) is 4.50. The van der Waals surface area contributed by atoms with Gasteiger partial charge in [0.2, 0.25) is 0 Å². The predicted octanol–water partition coefficient (Wildman–Crippen LogP) is 0.959. The van der Waals surface area contributed by atoms with Crippen molar-refractivity contribution in [2.24, 2.45) is 5.92 Å². The topological polar surface area (TPSA) is 78.9 Å². The SMILES string of the molecule is Nc1ccccc1-c1nnnn1CC1CCOC1. The summed E-state index contributed by atoms with van der Waals surface area (Å²) in [6.45, 7) is 2.38. The van der Waals surface area contributed by atoms with Crippen LogP contribution in [0.3, 0.4) is 0 Å². The number of ether oxygens (including phenoxy) is 1. The molecule has 1 unspecified atom stereocenters. The number of rotatable bonds is 3. The van der Waals surface area contributed by atoms with Crippen molar-refractivity contribution in [3.63, 3.8) is 0 Å². The number of tetrazole rings is 1. The van der Waals surface area contributed by atoms with Crippen LogP contribution in [0.5, 0.6) is 0 Å². The molecule has 94 valence electrons. The maximum Gasteiger partial charge on any atom is 0.184 e. The van der Waals surface area contributed by atoms with E-state index in [2.05, 4.69) is 15.5 Å². The van der Waals surface area contributed by atoms with Gasteiger partial charge in [-0.2, -0.15) is 0 Å². The maximum absolute atomic E-state index is 5.96. The van der Waals surface area contributed by atoms with E-state index < -0.39 is 0 Å². The van der Waals surface area contributed by atoms with Crippen LogP contribution in [0.25, 0.3) is 11.4 Å². The summed E-state index contributed by atoms with van der Waals surface area (Å²) in [4.78, 5) is 0. The molecule has 18 heavy (non-hydrogen) atoms. The summed E-state index contributed by atoms with van der Waals surface area (Å²) in [7, 11) is 0. The van der Waals surface area contributed by atoms with Crippen LogP contribution < -0.4 is 5.73 Å². The van der Waals surface area contributed by atoms with E-state index in [1.807, 2.05) is 28.9 Å². The number of para-hydroxylation sites is 1. The van der Waals surface area contributed by atoms with Crippen LogP contribution in [-0.4, -0.2) is 33.4 Å². The number of nitrogen functional groups attached to an aromatic ring is 1. The van der Waals surface area contributed by atoms with Crippen molar-refractivity contribution < 1.29 is 4.74 Å². The second-order valence-corrected chi connectivity index (χ2v) is 4.50. The fraction of sp³-hybridized carbons (Fsp3) is 0.417. The number of benzene rings is 1. The molecule has 2 heterocycles. The molecule has 0 radical (unpaired) electrons. The second kappa shape index (κ2) is 4.73. The minimum absolute atomic E-state index is 0.484. The van der Waals surface area contributed by atoms with Crippen molar-refractivity contribution in [1.29, 1.82) is 0 Å². The highest BCUT2D eigenvalue weighted by atomic mass is 16.5. The summed E-state index contributed by atoms with van der Waals surface area (Å²) < 4.78 is 7.18. The Hall–Kier alpha value is -1.95. The molecule has 1 fully saturated rings. The molecule has 2 aromatic rings. The Morgan fingerprint density at radius 1 is 1.39 bits per heavy atom. The van der Waals surface area contributed by atoms with Gasteiger partial charge in [0.15, 0.2) is 5.82 Å². The van der Waals surface area contributed by atoms with Gasteiger partial charge in [0.1, 0.15) is 0 Å². The summed E-state index contributed by atoms with van der Waals surface area (Å²) in [6.07, 6.45) is 1.06. The van der Waals surface area contributed by atoms with Crippen molar-refractivity contribution in [2.75, 3.05) is 18.9 Å². The molecule has 1 atom stereocenters. The standard InChI is InChI=1S/C12H15N5O/c13-11-4-2-1-3-10(11)12-14-15-16-17(12)7-9-5-6-18-8-9/h1-4,9H,5-8,13H2. The first-order valence-corrected chi connectivity index (χ1v) is 6.03. The van der Waals surface area contributed by atoms with Crippen molar-refractivity contribution in [3.05, 3.63) is 24.3 Å². The van der Waals surface area contributed by atoms with Gasteiger partial charge in [-0.05, 0) is 29.0 Å². The Morgan fingerprint density at radius 3 is 3.06 bits per heavy atom. The molecule has 0 spiro atoms. The van der Waals surface area contributed by atoms with Crippen LogP contribution in [0.4, 0.5) is 5.69 Å². The lowest BCUT2D eigenvalue weighted by Gasteiger charge is -2.10. The van der Waals surface area contributed by atoms with Crippen molar-refractivity contribution in [2.45, 2.75) is 13.0 Å². The smallest absolute Gasteiger partial charge is 0.184 e. The fourth-order valence-electron chi connectivity index (χ4n) is 2.19. The molecular formula is C12H15N5O. The van der Waals surface area contributed by atoms with Crippen molar-refractivity contribution in [1.82, 2.24) is 20.2 Å². The first kappa shape index (κ1) is 11.2. The molecule has 0 bridgehead atoms. The van der Waals surface area contributed by atoms with E-state index in [0.717, 1.165) is 37.6 Å². The number of anilines is 1. The largest absolute Gasteiger partial charge is 0.398 e. The Bertz CT molecular complexity index is 533. The molecule has 3 rings (SSSR count). The maximum atomic E-state index is 5.96. The zero-order valence-corrected chi connectivity index (χ0v) is 9.99. The van der Waals surface area contributed by atoms with E-state index in [9.17, 15) is 0 Å². The quantitative estimate of drug-likeness (QED) is 0.815. The van der Waals surface area contributed by atoms with E-state index in [-0.39, 0.29) is 0 Å². The Morgan fingerprint density at radius 2 is 2.28 bits per heavy atom. The van der Waals surface area contributed by atoms with Gasteiger partial charge in [-0.15, -0.1) is 5.10 Å². The summed E-state index contributed by atoms with van der Waals surface area (Å²) in [5.41, 5.74) is 7.52. The third-order valence-electron chi connectivity index (χ3n) is 3.19. The van der Waals surface area contributed by atoms with E-state index in [1.165, 1.54) is 0 Å². The minimum atomic E-state index is 0.484. The number of hydrogen-bond acceptors (Lipinski definition) is 5. The van der Waals surface area contributed by atoms with E-state index in [1.54, 1.807) is 0 Å². The van der Waals surface area contributed by atoms with Gasteiger partial charge in [-0.3, -0.25) is 0 Å². The van der Waals surface area contributed by atoms with Gasteiger partial charge in [-0.25, -0.2) is 4.68 Å². The number of hydrogen-bond donors (Lipinski definition) is 1. The fourth-order valence-corrected chi connectivity index (χ4v) is 2.19. The van der Waals surface area contributed by atoms with Crippen LogP contribution in [0.15, 0.2) is 24.3 Å². The highest BCUT2D eigenvalue weighted by Gasteiger charge is 2.19. The first-order valence-electron chi connectivity index (χ1n) is 6.03. The highest BCUT2D eigenvalue weighted by molar-refractivity contribution is 5.70. The normalized spacial score (nSPS) is 19.2. The number of nitrogens with zero attached hydrogens (tertiary/aromatic N) is 4. The average molecular weight is 245 g/mol. The molecule has 1 aliphatic rings. The monoisotopic (exact) mass is 245 g/mol. The number of nitrogens with two attached hydrogens (primary N) is 1. The Balaban J connectivity index is 1.89. The lowest BCUT2D eigenvalue weighted by Crippen LogP contribution is -2.13. The van der Waals surface area contributed by atoms with Crippen LogP contribution in [-0.2, 0) is 11.3 Å². The summed E-state index contributed by atoms with van der Waals surface area (Å²) in [5, 5.41) is 11.9. The van der Waals surface area contributed by atoms with Crippen LogP contribution in [0.2, 0.25) is 0 Å². The molecule has 1 aliphatic heterocycles. The molecule has 6 heteroatoms. The van der Waals surface area contributed by atoms with E-state index in [0.29, 0.717) is 11.6 Å². The van der Waals surface area contributed by atoms with Gasteiger partial charge in [0.05, 0.1) is 13.2 Å². The van der Waals surface area contributed by atoms with Gasteiger partial charge in [0, 0.05) is 23.8 Å². The third-order valence-corrected chi connectivity index (χ3v) is 3.19. The van der Waals surface area contributed by atoms with Gasteiger partial charge in [-0.1, -0.05) is 12.1 Å². The molecular weight excluding hydrogens is 230 g/mol. The first-order chi connectivity index (χ1) is 8.84. The molecule has 1 aromatic carbocycles. The zero-order valence-electron chi connectivity index (χ0n) is 9.99.